The number of halogens is 1. The first kappa shape index (κ1) is 20.2. The highest BCUT2D eigenvalue weighted by Gasteiger charge is 2.21. The molecule has 0 unspecified atom stereocenters. The summed E-state index contributed by atoms with van der Waals surface area (Å²) < 4.78 is 1.08. The van der Waals surface area contributed by atoms with Crippen molar-refractivity contribution in [3.8, 4) is 0 Å². The molecule has 27 heavy (non-hydrogen) atoms. The van der Waals surface area contributed by atoms with Gasteiger partial charge in [-0.15, -0.1) is 0 Å². The molecule has 0 aliphatic carbocycles. The number of benzene rings is 2. The zero-order valence-corrected chi connectivity index (χ0v) is 18.6. The highest BCUT2D eigenvalue weighted by molar-refractivity contribution is 9.10. The first-order chi connectivity index (χ1) is 12.9. The minimum atomic E-state index is 0.661. The Morgan fingerprint density at radius 1 is 1.11 bits per heavy atom. The van der Waals surface area contributed by atoms with Crippen LogP contribution >= 0.6 is 15.9 Å². The number of aryl methyl sites for hydroxylation is 2. The summed E-state index contributed by atoms with van der Waals surface area (Å²) >= 11 is 3.58. The molecule has 2 nitrogen and oxygen atoms in total. The maximum absolute atomic E-state index is 4.32. The summed E-state index contributed by atoms with van der Waals surface area (Å²) in [5, 5.41) is 3.61. The Labute approximate surface area is 172 Å². The maximum atomic E-state index is 4.32. The Morgan fingerprint density at radius 3 is 2.48 bits per heavy atom. The third kappa shape index (κ3) is 4.64. The summed E-state index contributed by atoms with van der Waals surface area (Å²) in [6, 6.07) is 11.1. The van der Waals surface area contributed by atoms with Crippen LogP contribution in [0.15, 0.2) is 41.4 Å². The van der Waals surface area contributed by atoms with Crippen LogP contribution in [0, 0.1) is 20.8 Å². The van der Waals surface area contributed by atoms with E-state index < -0.39 is 0 Å². The molecule has 0 amide bonds. The molecular formula is C24H31BrN2. The monoisotopic (exact) mass is 426 g/mol. The van der Waals surface area contributed by atoms with Gasteiger partial charge in [-0.3, -0.25) is 0 Å². The van der Waals surface area contributed by atoms with Crippen molar-refractivity contribution in [2.45, 2.75) is 46.5 Å². The molecule has 144 valence electrons. The Hall–Kier alpha value is -1.58. The Bertz CT molecular complexity index is 833. The highest BCUT2D eigenvalue weighted by Crippen LogP contribution is 2.34. The second-order valence-corrected chi connectivity index (χ2v) is 8.70. The zero-order valence-electron chi connectivity index (χ0n) is 17.0. The summed E-state index contributed by atoms with van der Waals surface area (Å²) in [5.41, 5.74) is 8.65. The van der Waals surface area contributed by atoms with Crippen molar-refractivity contribution in [1.82, 2.24) is 4.90 Å². The van der Waals surface area contributed by atoms with Gasteiger partial charge in [0.25, 0.3) is 0 Å². The van der Waals surface area contributed by atoms with Crippen molar-refractivity contribution in [3.63, 3.8) is 0 Å². The second kappa shape index (κ2) is 8.62. The molecular weight excluding hydrogens is 396 g/mol. The minimum Gasteiger partial charge on any atom is -0.355 e. The van der Waals surface area contributed by atoms with Crippen LogP contribution in [0.4, 0.5) is 5.69 Å². The van der Waals surface area contributed by atoms with Gasteiger partial charge in [0.05, 0.1) is 0 Å². The number of hydrogen-bond acceptors (Lipinski definition) is 2. The van der Waals surface area contributed by atoms with Crippen LogP contribution in [0.25, 0.3) is 5.70 Å². The smallest absolute Gasteiger partial charge is 0.0419 e. The van der Waals surface area contributed by atoms with Crippen LogP contribution in [0.5, 0.6) is 0 Å². The van der Waals surface area contributed by atoms with E-state index in [1.165, 1.54) is 53.9 Å². The molecule has 3 rings (SSSR count). The van der Waals surface area contributed by atoms with Gasteiger partial charge < -0.3 is 10.2 Å². The Kier molecular flexibility index (Phi) is 6.44. The van der Waals surface area contributed by atoms with Crippen molar-refractivity contribution >= 4 is 27.3 Å². The van der Waals surface area contributed by atoms with Crippen LogP contribution in [-0.4, -0.2) is 24.5 Å². The summed E-state index contributed by atoms with van der Waals surface area (Å²) in [7, 11) is 0. The number of nitrogens with one attached hydrogen (secondary N) is 1. The molecule has 1 saturated heterocycles. The number of anilines is 1. The van der Waals surface area contributed by atoms with Crippen LogP contribution in [-0.2, 0) is 0 Å². The molecule has 1 heterocycles. The van der Waals surface area contributed by atoms with Gasteiger partial charge in [-0.1, -0.05) is 41.6 Å². The third-order valence-electron chi connectivity index (χ3n) is 6.01. The van der Waals surface area contributed by atoms with Gasteiger partial charge in [0.1, 0.15) is 0 Å². The van der Waals surface area contributed by atoms with Crippen LogP contribution in [0.1, 0.15) is 53.5 Å². The van der Waals surface area contributed by atoms with E-state index in [1.807, 2.05) is 0 Å². The van der Waals surface area contributed by atoms with E-state index in [0.717, 1.165) is 22.3 Å². The number of piperidine rings is 1. The van der Waals surface area contributed by atoms with E-state index in [4.69, 9.17) is 0 Å². The lowest BCUT2D eigenvalue weighted by atomic mass is 9.87. The fraction of sp³-hybridized carbons (Fsp3) is 0.417. The van der Waals surface area contributed by atoms with Gasteiger partial charge in [-0.05, 0) is 99.6 Å². The molecule has 1 N–H and O–H groups in total. The lowest BCUT2D eigenvalue weighted by Gasteiger charge is -2.32. The van der Waals surface area contributed by atoms with E-state index >= 15 is 0 Å². The van der Waals surface area contributed by atoms with Crippen LogP contribution < -0.4 is 5.32 Å². The molecule has 2 aromatic carbocycles. The van der Waals surface area contributed by atoms with Crippen molar-refractivity contribution in [2.75, 3.05) is 25.0 Å². The standard InChI is InChI=1S/C24H31BrN2/c1-6-27-11-9-20(10-12-27)21-13-17(3)18(4)24(14-21)26-19(5)23-15-22(25)8-7-16(23)2/h7-8,13-15,20,26H,5-6,9-12H2,1-4H3. The van der Waals surface area contributed by atoms with Gasteiger partial charge in [-0.2, -0.15) is 0 Å². The average molecular weight is 427 g/mol. The fourth-order valence-electron chi connectivity index (χ4n) is 3.98. The molecule has 0 bridgehead atoms. The molecule has 0 atom stereocenters. The maximum Gasteiger partial charge on any atom is 0.0419 e. The average Bonchev–Trinajstić information content (AvgIpc) is 2.67. The molecule has 2 aromatic rings. The summed E-state index contributed by atoms with van der Waals surface area (Å²) in [5.74, 6) is 0.661. The van der Waals surface area contributed by atoms with Crippen molar-refractivity contribution in [2.24, 2.45) is 0 Å². The molecule has 1 aliphatic rings. The molecule has 3 heteroatoms. The second-order valence-electron chi connectivity index (χ2n) is 7.78. The fourth-order valence-corrected chi connectivity index (χ4v) is 4.35. The molecule has 1 fully saturated rings. The predicted molar refractivity (Wildman–Crippen MR) is 122 cm³/mol. The number of likely N-dealkylation sites (tertiary alicyclic amines) is 1. The summed E-state index contributed by atoms with van der Waals surface area (Å²) in [4.78, 5) is 2.55. The summed E-state index contributed by atoms with van der Waals surface area (Å²) in [6.45, 7) is 16.7. The zero-order chi connectivity index (χ0) is 19.6. The minimum absolute atomic E-state index is 0.661. The van der Waals surface area contributed by atoms with Crippen LogP contribution in [0.3, 0.4) is 0 Å². The van der Waals surface area contributed by atoms with Gasteiger partial charge in [0.15, 0.2) is 0 Å². The van der Waals surface area contributed by atoms with Gasteiger partial charge in [0, 0.05) is 21.4 Å². The lowest BCUT2D eigenvalue weighted by Crippen LogP contribution is -2.32. The molecule has 0 saturated carbocycles. The van der Waals surface area contributed by atoms with E-state index in [2.05, 4.69) is 90.8 Å². The first-order valence-electron chi connectivity index (χ1n) is 9.95. The topological polar surface area (TPSA) is 15.3 Å². The van der Waals surface area contributed by atoms with E-state index in [9.17, 15) is 0 Å². The number of nitrogens with zero attached hydrogens (tertiary/aromatic N) is 1. The number of rotatable bonds is 5. The third-order valence-corrected chi connectivity index (χ3v) is 6.50. The van der Waals surface area contributed by atoms with E-state index in [-0.39, 0.29) is 0 Å². The van der Waals surface area contributed by atoms with Gasteiger partial charge in [-0.25, -0.2) is 0 Å². The van der Waals surface area contributed by atoms with E-state index in [1.54, 1.807) is 0 Å². The lowest BCUT2D eigenvalue weighted by molar-refractivity contribution is 0.222. The first-order valence-corrected chi connectivity index (χ1v) is 10.7. The molecule has 0 aromatic heterocycles. The van der Waals surface area contributed by atoms with Crippen LogP contribution in [0.2, 0.25) is 0 Å². The molecule has 1 aliphatic heterocycles. The normalized spacial score (nSPS) is 15.7. The van der Waals surface area contributed by atoms with Gasteiger partial charge >= 0.3 is 0 Å². The van der Waals surface area contributed by atoms with Gasteiger partial charge in [0.2, 0.25) is 0 Å². The van der Waals surface area contributed by atoms with E-state index in [0.29, 0.717) is 5.92 Å². The van der Waals surface area contributed by atoms with Crippen molar-refractivity contribution < 1.29 is 0 Å². The SMILES string of the molecule is C=C(Nc1cc(C2CCN(CC)CC2)cc(C)c1C)c1cc(Br)ccc1C. The van der Waals surface area contributed by atoms with Crippen molar-refractivity contribution in [3.05, 3.63) is 69.2 Å². The largest absolute Gasteiger partial charge is 0.355 e. The summed E-state index contributed by atoms with van der Waals surface area (Å²) in [6.07, 6.45) is 2.50. The predicted octanol–water partition coefficient (Wildman–Crippen LogP) is 6.66. The quantitative estimate of drug-likeness (QED) is 0.574. The molecule has 0 radical (unpaired) electrons. The Balaban J connectivity index is 1.84. The Morgan fingerprint density at radius 2 is 1.81 bits per heavy atom. The molecule has 0 spiro atoms. The number of hydrogen-bond donors (Lipinski definition) is 1. The highest BCUT2D eigenvalue weighted by atomic mass is 79.9. The van der Waals surface area contributed by atoms with Crippen molar-refractivity contribution in [1.29, 1.82) is 0 Å².